The van der Waals surface area contributed by atoms with E-state index in [0.29, 0.717) is 11.1 Å². The molecular formula is C11H13FO3. The number of carboxylic acids is 1. The van der Waals surface area contributed by atoms with Crippen molar-refractivity contribution < 1.29 is 19.0 Å². The number of halogens is 1. The maximum absolute atomic E-state index is 13.2. The SMILES string of the molecule is COCc1cc(C(C)C(=O)O)ccc1F. The fourth-order valence-corrected chi connectivity index (χ4v) is 1.27. The first kappa shape index (κ1) is 11.7. The van der Waals surface area contributed by atoms with E-state index in [0.717, 1.165) is 0 Å². The van der Waals surface area contributed by atoms with Crippen LogP contribution in [-0.2, 0) is 16.1 Å². The van der Waals surface area contributed by atoms with Gasteiger partial charge in [-0.2, -0.15) is 0 Å². The summed E-state index contributed by atoms with van der Waals surface area (Å²) in [5, 5.41) is 8.80. The second-order valence-electron chi connectivity index (χ2n) is 3.34. The zero-order valence-electron chi connectivity index (χ0n) is 8.66. The van der Waals surface area contributed by atoms with Crippen LogP contribution in [0, 0.1) is 5.82 Å². The van der Waals surface area contributed by atoms with Gasteiger partial charge in [-0.05, 0) is 24.6 Å². The highest BCUT2D eigenvalue weighted by Gasteiger charge is 2.15. The molecule has 82 valence electrons. The minimum atomic E-state index is -0.926. The van der Waals surface area contributed by atoms with Gasteiger partial charge in [-0.25, -0.2) is 4.39 Å². The number of ether oxygens (including phenoxy) is 1. The lowest BCUT2D eigenvalue weighted by Crippen LogP contribution is -2.08. The van der Waals surface area contributed by atoms with Gasteiger partial charge in [-0.1, -0.05) is 6.07 Å². The predicted octanol–water partition coefficient (Wildman–Crippen LogP) is 2.16. The largest absolute Gasteiger partial charge is 0.481 e. The average Bonchev–Trinajstić information content (AvgIpc) is 2.20. The van der Waals surface area contributed by atoms with Gasteiger partial charge in [0.15, 0.2) is 0 Å². The van der Waals surface area contributed by atoms with Crippen molar-refractivity contribution in [3.8, 4) is 0 Å². The van der Waals surface area contributed by atoms with E-state index in [1.165, 1.54) is 25.3 Å². The number of hydrogen-bond donors (Lipinski definition) is 1. The summed E-state index contributed by atoms with van der Waals surface area (Å²) in [4.78, 5) is 10.7. The molecule has 0 amide bonds. The lowest BCUT2D eigenvalue weighted by atomic mass is 9.99. The molecule has 0 radical (unpaired) electrons. The van der Waals surface area contributed by atoms with Crippen molar-refractivity contribution in [3.63, 3.8) is 0 Å². The summed E-state index contributed by atoms with van der Waals surface area (Å²) in [6, 6.07) is 4.27. The molecule has 1 aromatic rings. The van der Waals surface area contributed by atoms with E-state index in [1.807, 2.05) is 0 Å². The van der Waals surface area contributed by atoms with Crippen LogP contribution in [-0.4, -0.2) is 18.2 Å². The van der Waals surface area contributed by atoms with Crippen LogP contribution < -0.4 is 0 Å². The van der Waals surface area contributed by atoms with Crippen molar-refractivity contribution in [2.75, 3.05) is 7.11 Å². The molecule has 0 heterocycles. The first-order chi connectivity index (χ1) is 7.06. The number of carboxylic acid groups (broad SMARTS) is 1. The number of hydrogen-bond acceptors (Lipinski definition) is 2. The van der Waals surface area contributed by atoms with Gasteiger partial charge in [0, 0.05) is 12.7 Å². The highest BCUT2D eigenvalue weighted by Crippen LogP contribution is 2.19. The molecule has 1 N–H and O–H groups in total. The Labute approximate surface area is 87.5 Å². The van der Waals surface area contributed by atoms with E-state index in [1.54, 1.807) is 6.92 Å². The normalized spacial score (nSPS) is 12.5. The van der Waals surface area contributed by atoms with Crippen molar-refractivity contribution in [2.45, 2.75) is 19.4 Å². The molecule has 0 aromatic heterocycles. The van der Waals surface area contributed by atoms with Gasteiger partial charge in [0.1, 0.15) is 5.82 Å². The molecule has 1 aromatic carbocycles. The van der Waals surface area contributed by atoms with Crippen molar-refractivity contribution in [1.82, 2.24) is 0 Å². The Morgan fingerprint density at radius 3 is 2.80 bits per heavy atom. The molecule has 1 atom stereocenters. The first-order valence-electron chi connectivity index (χ1n) is 4.56. The molecule has 0 aliphatic carbocycles. The van der Waals surface area contributed by atoms with Crippen LogP contribution in [0.5, 0.6) is 0 Å². The van der Waals surface area contributed by atoms with E-state index >= 15 is 0 Å². The summed E-state index contributed by atoms with van der Waals surface area (Å²) in [5.41, 5.74) is 0.957. The zero-order valence-corrected chi connectivity index (χ0v) is 8.66. The van der Waals surface area contributed by atoms with Gasteiger partial charge >= 0.3 is 5.97 Å². The molecule has 0 aliphatic heterocycles. The molecule has 0 saturated heterocycles. The maximum atomic E-state index is 13.2. The standard InChI is InChI=1S/C11H13FO3/c1-7(11(13)14)8-3-4-10(12)9(5-8)6-15-2/h3-5,7H,6H2,1-2H3,(H,13,14). The van der Waals surface area contributed by atoms with Gasteiger partial charge in [0.25, 0.3) is 0 Å². The Hall–Kier alpha value is -1.42. The smallest absolute Gasteiger partial charge is 0.310 e. The molecule has 3 nitrogen and oxygen atoms in total. The fraction of sp³-hybridized carbons (Fsp3) is 0.364. The van der Waals surface area contributed by atoms with Gasteiger partial charge in [0.05, 0.1) is 12.5 Å². The minimum Gasteiger partial charge on any atom is -0.481 e. The van der Waals surface area contributed by atoms with E-state index < -0.39 is 11.9 Å². The van der Waals surface area contributed by atoms with Crippen LogP contribution in [0.4, 0.5) is 4.39 Å². The van der Waals surface area contributed by atoms with Crippen molar-refractivity contribution in [2.24, 2.45) is 0 Å². The Morgan fingerprint density at radius 2 is 2.27 bits per heavy atom. The van der Waals surface area contributed by atoms with Crippen molar-refractivity contribution >= 4 is 5.97 Å². The number of rotatable bonds is 4. The van der Waals surface area contributed by atoms with Crippen LogP contribution in [0.2, 0.25) is 0 Å². The van der Waals surface area contributed by atoms with Crippen LogP contribution in [0.3, 0.4) is 0 Å². The van der Waals surface area contributed by atoms with Crippen LogP contribution in [0.15, 0.2) is 18.2 Å². The van der Waals surface area contributed by atoms with Gasteiger partial charge in [0.2, 0.25) is 0 Å². The van der Waals surface area contributed by atoms with Crippen LogP contribution in [0.1, 0.15) is 24.0 Å². The highest BCUT2D eigenvalue weighted by atomic mass is 19.1. The third kappa shape index (κ3) is 2.76. The maximum Gasteiger partial charge on any atom is 0.310 e. The summed E-state index contributed by atoms with van der Waals surface area (Å²) in [6.45, 7) is 1.71. The Bertz CT molecular complexity index is 363. The second kappa shape index (κ2) is 4.89. The quantitative estimate of drug-likeness (QED) is 0.831. The Morgan fingerprint density at radius 1 is 1.60 bits per heavy atom. The fourth-order valence-electron chi connectivity index (χ4n) is 1.27. The van der Waals surface area contributed by atoms with Crippen molar-refractivity contribution in [1.29, 1.82) is 0 Å². The lowest BCUT2D eigenvalue weighted by molar-refractivity contribution is -0.138. The van der Waals surface area contributed by atoms with Crippen LogP contribution >= 0.6 is 0 Å². The Balaban J connectivity index is 3.01. The second-order valence-corrected chi connectivity index (χ2v) is 3.34. The first-order valence-corrected chi connectivity index (χ1v) is 4.56. The molecule has 1 unspecified atom stereocenters. The minimum absolute atomic E-state index is 0.145. The summed E-state index contributed by atoms with van der Waals surface area (Å²) in [5.74, 6) is -1.94. The topological polar surface area (TPSA) is 46.5 Å². The summed E-state index contributed by atoms with van der Waals surface area (Å²) >= 11 is 0. The summed E-state index contributed by atoms with van der Waals surface area (Å²) in [6.07, 6.45) is 0. The number of carbonyl (C=O) groups is 1. The average molecular weight is 212 g/mol. The molecule has 0 bridgehead atoms. The summed E-state index contributed by atoms with van der Waals surface area (Å²) in [7, 11) is 1.47. The molecule has 0 fully saturated rings. The molecule has 0 aliphatic rings. The monoisotopic (exact) mass is 212 g/mol. The molecule has 15 heavy (non-hydrogen) atoms. The van der Waals surface area contributed by atoms with Crippen LogP contribution in [0.25, 0.3) is 0 Å². The zero-order chi connectivity index (χ0) is 11.4. The van der Waals surface area contributed by atoms with E-state index in [-0.39, 0.29) is 12.4 Å². The van der Waals surface area contributed by atoms with E-state index in [4.69, 9.17) is 9.84 Å². The third-order valence-electron chi connectivity index (χ3n) is 2.24. The Kier molecular flexibility index (Phi) is 3.80. The number of methoxy groups -OCH3 is 1. The predicted molar refractivity (Wildman–Crippen MR) is 53.2 cm³/mol. The highest BCUT2D eigenvalue weighted by molar-refractivity contribution is 5.75. The number of aliphatic carboxylic acids is 1. The van der Waals surface area contributed by atoms with Gasteiger partial charge in [-0.3, -0.25) is 4.79 Å². The van der Waals surface area contributed by atoms with Gasteiger partial charge < -0.3 is 9.84 Å². The van der Waals surface area contributed by atoms with Gasteiger partial charge in [-0.15, -0.1) is 0 Å². The molecular weight excluding hydrogens is 199 g/mol. The lowest BCUT2D eigenvalue weighted by Gasteiger charge is -2.09. The summed E-state index contributed by atoms with van der Waals surface area (Å²) < 4.78 is 18.0. The molecule has 4 heteroatoms. The molecule has 1 rings (SSSR count). The van der Waals surface area contributed by atoms with E-state index in [9.17, 15) is 9.18 Å². The molecule has 0 spiro atoms. The number of benzene rings is 1. The van der Waals surface area contributed by atoms with E-state index in [2.05, 4.69) is 0 Å². The molecule has 0 saturated carbocycles. The van der Waals surface area contributed by atoms with Crippen molar-refractivity contribution in [3.05, 3.63) is 35.1 Å². The third-order valence-corrected chi connectivity index (χ3v) is 2.24.